The number of ether oxygens (including phenoxy) is 2. The highest BCUT2D eigenvalue weighted by Gasteiger charge is 2.10. The van der Waals surface area contributed by atoms with Gasteiger partial charge in [0.15, 0.2) is 0 Å². The van der Waals surface area contributed by atoms with Gasteiger partial charge in [-0.2, -0.15) is 0 Å². The van der Waals surface area contributed by atoms with Crippen LogP contribution in [0.5, 0.6) is 5.88 Å². The minimum Gasteiger partial charge on any atom is -0.478 e. The summed E-state index contributed by atoms with van der Waals surface area (Å²) in [6.07, 6.45) is 3.17. The Morgan fingerprint density at radius 1 is 1.07 bits per heavy atom. The summed E-state index contributed by atoms with van der Waals surface area (Å²) in [5.74, 6) is -1.19. The van der Waals surface area contributed by atoms with Gasteiger partial charge in [0.25, 0.3) is 0 Å². The fourth-order valence-electron chi connectivity index (χ4n) is 2.49. The highest BCUT2D eigenvalue weighted by Crippen LogP contribution is 2.18. The molecular formula is C21H17NO5. The summed E-state index contributed by atoms with van der Waals surface area (Å²) in [6.45, 7) is -0.139. The van der Waals surface area contributed by atoms with Crippen molar-refractivity contribution < 1.29 is 24.2 Å². The zero-order chi connectivity index (χ0) is 19.2. The number of carbonyl (C=O) groups excluding carboxylic acids is 1. The van der Waals surface area contributed by atoms with E-state index in [0.717, 1.165) is 10.8 Å². The number of carboxylic acids is 1. The highest BCUT2D eigenvalue weighted by molar-refractivity contribution is 5.93. The number of pyridine rings is 1. The molecule has 136 valence electrons. The molecule has 6 heteroatoms. The summed E-state index contributed by atoms with van der Waals surface area (Å²) in [4.78, 5) is 27.2. The lowest BCUT2D eigenvalue weighted by atomic mass is 10.1. The van der Waals surface area contributed by atoms with E-state index in [0.29, 0.717) is 17.0 Å². The molecule has 0 atom stereocenters. The Hall–Kier alpha value is -3.67. The third-order valence-electron chi connectivity index (χ3n) is 3.93. The van der Waals surface area contributed by atoms with Crippen LogP contribution in [0.1, 0.15) is 15.9 Å². The van der Waals surface area contributed by atoms with Crippen LogP contribution in [0.2, 0.25) is 0 Å². The van der Waals surface area contributed by atoms with E-state index in [1.165, 1.54) is 13.2 Å². The van der Waals surface area contributed by atoms with Gasteiger partial charge in [-0.15, -0.1) is 0 Å². The van der Waals surface area contributed by atoms with Gasteiger partial charge in [-0.3, -0.25) is 0 Å². The van der Waals surface area contributed by atoms with Crippen molar-refractivity contribution in [1.82, 2.24) is 4.98 Å². The number of aliphatic carboxylic acids is 1. The molecule has 0 saturated heterocycles. The van der Waals surface area contributed by atoms with Gasteiger partial charge in [0, 0.05) is 17.6 Å². The average molecular weight is 363 g/mol. The maximum atomic E-state index is 11.5. The fraction of sp³-hybridized carbons (Fsp3) is 0.0952. The molecule has 3 aromatic rings. The van der Waals surface area contributed by atoms with Crippen LogP contribution >= 0.6 is 0 Å². The lowest BCUT2D eigenvalue weighted by molar-refractivity contribution is -0.132. The normalized spacial score (nSPS) is 11.2. The number of carbonyl (C=O) groups is 2. The molecule has 0 amide bonds. The number of esters is 1. The van der Waals surface area contributed by atoms with Gasteiger partial charge in [-0.1, -0.05) is 36.4 Å². The first-order valence-electron chi connectivity index (χ1n) is 8.16. The molecule has 0 spiro atoms. The topological polar surface area (TPSA) is 85.7 Å². The van der Waals surface area contributed by atoms with Crippen LogP contribution in [0, 0.1) is 0 Å². The van der Waals surface area contributed by atoms with Crippen molar-refractivity contribution in [2.75, 3.05) is 13.7 Å². The van der Waals surface area contributed by atoms with Gasteiger partial charge in [-0.25, -0.2) is 14.6 Å². The third kappa shape index (κ3) is 4.49. The van der Waals surface area contributed by atoms with Crippen LogP contribution in [0.4, 0.5) is 0 Å². The molecule has 0 radical (unpaired) electrons. The molecule has 0 aliphatic carbocycles. The number of aromatic nitrogens is 1. The molecule has 0 bridgehead atoms. The first kappa shape index (κ1) is 18.1. The largest absolute Gasteiger partial charge is 0.478 e. The molecule has 27 heavy (non-hydrogen) atoms. The molecule has 1 heterocycles. The number of rotatable bonds is 6. The van der Waals surface area contributed by atoms with Crippen molar-refractivity contribution in [2.45, 2.75) is 0 Å². The van der Waals surface area contributed by atoms with Crippen molar-refractivity contribution in [3.05, 3.63) is 77.5 Å². The molecule has 0 fully saturated rings. The van der Waals surface area contributed by atoms with Gasteiger partial charge >= 0.3 is 11.9 Å². The van der Waals surface area contributed by atoms with E-state index in [2.05, 4.69) is 9.72 Å². The molecule has 6 nitrogen and oxygen atoms in total. The second-order valence-electron chi connectivity index (χ2n) is 5.75. The smallest absolute Gasteiger partial charge is 0.337 e. The third-order valence-corrected chi connectivity index (χ3v) is 3.93. The Morgan fingerprint density at radius 3 is 2.44 bits per heavy atom. The maximum absolute atomic E-state index is 11.5. The number of benzene rings is 2. The van der Waals surface area contributed by atoms with Crippen molar-refractivity contribution >= 4 is 28.8 Å². The predicted octanol–water partition coefficient (Wildman–Crippen LogP) is 3.57. The molecular weight excluding hydrogens is 346 g/mol. The van der Waals surface area contributed by atoms with Crippen molar-refractivity contribution in [3.8, 4) is 5.88 Å². The van der Waals surface area contributed by atoms with E-state index >= 15 is 0 Å². The van der Waals surface area contributed by atoms with Crippen LogP contribution in [-0.4, -0.2) is 35.7 Å². The number of methoxy groups -OCH3 is 1. The van der Waals surface area contributed by atoms with E-state index in [1.54, 1.807) is 36.5 Å². The van der Waals surface area contributed by atoms with Crippen molar-refractivity contribution in [2.24, 2.45) is 0 Å². The number of hydrogen-bond donors (Lipinski definition) is 1. The Labute approximate surface area is 155 Å². The first-order valence-corrected chi connectivity index (χ1v) is 8.16. The number of fused-ring (bicyclic) bond motifs is 1. The molecule has 0 aliphatic rings. The average Bonchev–Trinajstić information content (AvgIpc) is 2.70. The lowest BCUT2D eigenvalue weighted by Crippen LogP contribution is -2.11. The monoisotopic (exact) mass is 363 g/mol. The molecule has 0 saturated carbocycles. The van der Waals surface area contributed by atoms with Crippen molar-refractivity contribution in [3.63, 3.8) is 0 Å². The zero-order valence-electron chi connectivity index (χ0n) is 14.6. The molecule has 3 rings (SSSR count). The quantitative estimate of drug-likeness (QED) is 0.532. The van der Waals surface area contributed by atoms with Gasteiger partial charge in [0.1, 0.15) is 6.61 Å². The SMILES string of the molecule is COC(=O)c1ccc(C=C(COc2cc3ccccc3cn2)C(=O)O)cc1. The minimum atomic E-state index is -1.09. The summed E-state index contributed by atoms with van der Waals surface area (Å²) in [5, 5.41) is 11.4. The van der Waals surface area contributed by atoms with Gasteiger partial charge in [-0.05, 0) is 29.2 Å². The standard InChI is InChI=1S/C21H17NO5/c1-26-21(25)15-8-6-14(7-9-15)10-18(20(23)24)13-27-19-11-16-4-2-3-5-17(16)12-22-19/h2-12H,13H2,1H3,(H,23,24). The summed E-state index contributed by atoms with van der Waals surface area (Å²) in [5.41, 5.74) is 1.09. The van der Waals surface area contributed by atoms with Gasteiger partial charge in [0.2, 0.25) is 5.88 Å². The van der Waals surface area contributed by atoms with Gasteiger partial charge < -0.3 is 14.6 Å². The second-order valence-corrected chi connectivity index (χ2v) is 5.75. The molecule has 1 N–H and O–H groups in total. The predicted molar refractivity (Wildman–Crippen MR) is 101 cm³/mol. The molecule has 2 aromatic carbocycles. The van der Waals surface area contributed by atoms with Gasteiger partial charge in [0.05, 0.1) is 18.2 Å². The molecule has 0 aliphatic heterocycles. The Balaban J connectivity index is 1.75. The van der Waals surface area contributed by atoms with Crippen LogP contribution in [-0.2, 0) is 9.53 Å². The van der Waals surface area contributed by atoms with Crippen LogP contribution < -0.4 is 4.74 Å². The summed E-state index contributed by atoms with van der Waals surface area (Å²) >= 11 is 0. The van der Waals surface area contributed by atoms with E-state index < -0.39 is 11.9 Å². The van der Waals surface area contributed by atoms with E-state index in [9.17, 15) is 14.7 Å². The zero-order valence-corrected chi connectivity index (χ0v) is 14.6. The fourth-order valence-corrected chi connectivity index (χ4v) is 2.49. The van der Waals surface area contributed by atoms with Crippen LogP contribution in [0.15, 0.2) is 66.4 Å². The Morgan fingerprint density at radius 2 is 1.78 bits per heavy atom. The molecule has 0 unspecified atom stereocenters. The van der Waals surface area contributed by atoms with E-state index in [4.69, 9.17) is 4.74 Å². The summed E-state index contributed by atoms with van der Waals surface area (Å²) in [6, 6.07) is 15.9. The minimum absolute atomic E-state index is 0.0655. The summed E-state index contributed by atoms with van der Waals surface area (Å²) < 4.78 is 10.2. The van der Waals surface area contributed by atoms with Crippen LogP contribution in [0.3, 0.4) is 0 Å². The number of carboxylic acid groups (broad SMARTS) is 1. The van der Waals surface area contributed by atoms with E-state index in [-0.39, 0.29) is 12.2 Å². The highest BCUT2D eigenvalue weighted by atomic mass is 16.5. The lowest BCUT2D eigenvalue weighted by Gasteiger charge is -2.07. The Bertz CT molecular complexity index is 1010. The number of hydrogen-bond acceptors (Lipinski definition) is 5. The van der Waals surface area contributed by atoms with Crippen LogP contribution in [0.25, 0.3) is 16.8 Å². The first-order chi connectivity index (χ1) is 13.1. The molecule has 1 aromatic heterocycles. The maximum Gasteiger partial charge on any atom is 0.337 e. The van der Waals surface area contributed by atoms with Crippen molar-refractivity contribution in [1.29, 1.82) is 0 Å². The van der Waals surface area contributed by atoms with E-state index in [1.807, 2.05) is 24.3 Å². The Kier molecular flexibility index (Phi) is 5.47. The second kappa shape index (κ2) is 8.14. The summed E-state index contributed by atoms with van der Waals surface area (Å²) in [7, 11) is 1.30. The number of nitrogens with zero attached hydrogens (tertiary/aromatic N) is 1.